The van der Waals surface area contributed by atoms with Crippen molar-refractivity contribution >= 4 is 23.5 Å². The zero-order chi connectivity index (χ0) is 16.8. The predicted octanol–water partition coefficient (Wildman–Crippen LogP) is 1.73. The Bertz CT molecular complexity index is 572. The lowest BCUT2D eigenvalue weighted by Gasteiger charge is -2.19. The lowest BCUT2D eigenvalue weighted by Crippen LogP contribution is -2.47. The fourth-order valence-corrected chi connectivity index (χ4v) is 2.74. The van der Waals surface area contributed by atoms with E-state index in [0.717, 1.165) is 12.0 Å². The van der Waals surface area contributed by atoms with Crippen LogP contribution in [0.3, 0.4) is 0 Å². The van der Waals surface area contributed by atoms with E-state index < -0.39 is 18.1 Å². The van der Waals surface area contributed by atoms with Crippen molar-refractivity contribution in [3.05, 3.63) is 28.8 Å². The molecule has 1 aliphatic heterocycles. The number of amides is 1. The fourth-order valence-electron chi connectivity index (χ4n) is 2.46. The van der Waals surface area contributed by atoms with Crippen LogP contribution in [0.4, 0.5) is 0 Å². The van der Waals surface area contributed by atoms with E-state index in [2.05, 4.69) is 5.32 Å². The smallest absolute Gasteiger partial charge is 0.328 e. The van der Waals surface area contributed by atoms with Gasteiger partial charge in [-0.05, 0) is 30.5 Å². The van der Waals surface area contributed by atoms with Crippen molar-refractivity contribution in [2.45, 2.75) is 31.4 Å². The lowest BCUT2D eigenvalue weighted by atomic mass is 10.1. The van der Waals surface area contributed by atoms with Crippen molar-refractivity contribution in [1.29, 1.82) is 0 Å². The van der Waals surface area contributed by atoms with Gasteiger partial charge in [0, 0.05) is 13.0 Å². The minimum absolute atomic E-state index is 0.273. The first kappa shape index (κ1) is 17.6. The summed E-state index contributed by atoms with van der Waals surface area (Å²) in [6.45, 7) is 0.565. The van der Waals surface area contributed by atoms with Gasteiger partial charge in [-0.3, -0.25) is 4.79 Å². The van der Waals surface area contributed by atoms with Crippen molar-refractivity contribution in [2.75, 3.05) is 20.8 Å². The molecule has 0 saturated carbocycles. The van der Waals surface area contributed by atoms with Crippen LogP contribution in [0.5, 0.6) is 5.75 Å². The Morgan fingerprint density at radius 2 is 2.22 bits per heavy atom. The van der Waals surface area contributed by atoms with Gasteiger partial charge >= 0.3 is 5.97 Å². The van der Waals surface area contributed by atoms with Gasteiger partial charge in [0.05, 0.1) is 19.2 Å². The van der Waals surface area contributed by atoms with Crippen LogP contribution in [0.1, 0.15) is 18.4 Å². The molecule has 1 aromatic rings. The van der Waals surface area contributed by atoms with Crippen LogP contribution in [-0.4, -0.2) is 44.8 Å². The van der Waals surface area contributed by atoms with E-state index in [-0.39, 0.29) is 12.3 Å². The molecule has 1 aliphatic rings. The Morgan fingerprint density at radius 1 is 1.43 bits per heavy atom. The molecule has 0 aromatic heterocycles. The van der Waals surface area contributed by atoms with Crippen LogP contribution in [0, 0.1) is 0 Å². The maximum absolute atomic E-state index is 12.1. The third kappa shape index (κ3) is 4.59. The summed E-state index contributed by atoms with van der Waals surface area (Å²) in [5, 5.41) is 3.14. The molecule has 0 unspecified atom stereocenters. The summed E-state index contributed by atoms with van der Waals surface area (Å²) in [7, 11) is 2.81. The molecule has 1 N–H and O–H groups in total. The highest BCUT2D eigenvalue weighted by Gasteiger charge is 2.29. The van der Waals surface area contributed by atoms with Crippen LogP contribution in [-0.2, 0) is 25.5 Å². The number of methoxy groups -OCH3 is 2. The standard InChI is InChI=1S/C16H20ClNO5/c1-21-13-6-5-10(8-11(13)17)9-12(16(20)22-2)18-15(19)14-4-3-7-23-14/h5-6,8,12,14H,3-4,7,9H2,1-2H3,(H,18,19)/t12-,14-/m1/s1. The minimum atomic E-state index is -0.791. The average molecular weight is 342 g/mol. The van der Waals surface area contributed by atoms with E-state index in [9.17, 15) is 9.59 Å². The maximum Gasteiger partial charge on any atom is 0.328 e. The van der Waals surface area contributed by atoms with Crippen LogP contribution < -0.4 is 10.1 Å². The number of esters is 1. The highest BCUT2D eigenvalue weighted by atomic mass is 35.5. The van der Waals surface area contributed by atoms with Gasteiger partial charge in [0.15, 0.2) is 0 Å². The molecular weight excluding hydrogens is 322 g/mol. The fraction of sp³-hybridized carbons (Fsp3) is 0.500. The number of hydrogen-bond donors (Lipinski definition) is 1. The third-order valence-corrected chi connectivity index (χ3v) is 3.98. The number of carbonyl (C=O) groups excluding carboxylic acids is 2. The third-order valence-electron chi connectivity index (χ3n) is 3.68. The summed E-state index contributed by atoms with van der Waals surface area (Å²) >= 11 is 6.09. The van der Waals surface area contributed by atoms with E-state index in [0.29, 0.717) is 23.8 Å². The minimum Gasteiger partial charge on any atom is -0.495 e. The van der Waals surface area contributed by atoms with Crippen LogP contribution in [0.2, 0.25) is 5.02 Å². The molecule has 1 fully saturated rings. The number of hydrogen-bond acceptors (Lipinski definition) is 5. The molecule has 1 amide bonds. The zero-order valence-corrected chi connectivity index (χ0v) is 13.9. The van der Waals surface area contributed by atoms with Gasteiger partial charge in [-0.15, -0.1) is 0 Å². The molecule has 1 saturated heterocycles. The number of rotatable bonds is 6. The Kier molecular flexibility index (Phi) is 6.24. The molecule has 2 rings (SSSR count). The van der Waals surface area contributed by atoms with Gasteiger partial charge in [0.25, 0.3) is 0 Å². The second-order valence-electron chi connectivity index (χ2n) is 5.26. The molecule has 0 spiro atoms. The Labute approximate surface area is 140 Å². The molecular formula is C16H20ClNO5. The second-order valence-corrected chi connectivity index (χ2v) is 5.67. The van der Waals surface area contributed by atoms with Gasteiger partial charge in [-0.25, -0.2) is 4.79 Å². The number of ether oxygens (including phenoxy) is 3. The summed E-state index contributed by atoms with van der Waals surface area (Å²) in [5.74, 6) is -0.255. The zero-order valence-electron chi connectivity index (χ0n) is 13.1. The van der Waals surface area contributed by atoms with Crippen LogP contribution in [0.15, 0.2) is 18.2 Å². The monoisotopic (exact) mass is 341 g/mol. The van der Waals surface area contributed by atoms with Crippen molar-refractivity contribution < 1.29 is 23.8 Å². The van der Waals surface area contributed by atoms with Crippen molar-refractivity contribution in [3.8, 4) is 5.75 Å². The molecule has 6 nitrogen and oxygen atoms in total. The number of benzene rings is 1. The molecule has 1 aromatic carbocycles. The van der Waals surface area contributed by atoms with Gasteiger partial charge in [-0.1, -0.05) is 17.7 Å². The number of halogens is 1. The summed E-state index contributed by atoms with van der Waals surface area (Å²) in [6.07, 6.45) is 1.28. The van der Waals surface area contributed by atoms with E-state index in [1.165, 1.54) is 14.2 Å². The Morgan fingerprint density at radius 3 is 2.78 bits per heavy atom. The Hall–Kier alpha value is -1.79. The van der Waals surface area contributed by atoms with Crippen molar-refractivity contribution in [2.24, 2.45) is 0 Å². The molecule has 0 radical (unpaired) electrons. The van der Waals surface area contributed by atoms with Crippen LogP contribution >= 0.6 is 11.6 Å². The highest BCUT2D eigenvalue weighted by molar-refractivity contribution is 6.32. The molecule has 2 atom stereocenters. The normalized spacial score (nSPS) is 18.3. The maximum atomic E-state index is 12.1. The summed E-state index contributed by atoms with van der Waals surface area (Å²) in [5.41, 5.74) is 0.791. The Balaban J connectivity index is 2.07. The van der Waals surface area contributed by atoms with Gasteiger partial charge in [0.1, 0.15) is 17.9 Å². The molecule has 126 valence electrons. The molecule has 7 heteroatoms. The van der Waals surface area contributed by atoms with Gasteiger partial charge < -0.3 is 19.5 Å². The molecule has 23 heavy (non-hydrogen) atoms. The second kappa shape index (κ2) is 8.17. The van der Waals surface area contributed by atoms with Crippen molar-refractivity contribution in [3.63, 3.8) is 0 Å². The van der Waals surface area contributed by atoms with E-state index in [1.54, 1.807) is 18.2 Å². The van der Waals surface area contributed by atoms with E-state index >= 15 is 0 Å². The first-order valence-electron chi connectivity index (χ1n) is 7.37. The summed E-state index contributed by atoms with van der Waals surface area (Å²) in [6, 6.07) is 4.42. The molecule has 0 aliphatic carbocycles. The SMILES string of the molecule is COC(=O)[C@@H](Cc1ccc(OC)c(Cl)c1)NC(=O)[C@H]1CCCO1. The van der Waals surface area contributed by atoms with E-state index in [1.807, 2.05) is 0 Å². The van der Waals surface area contributed by atoms with Gasteiger partial charge in [0.2, 0.25) is 5.91 Å². The topological polar surface area (TPSA) is 73.9 Å². The highest BCUT2D eigenvalue weighted by Crippen LogP contribution is 2.25. The average Bonchev–Trinajstić information content (AvgIpc) is 3.08. The quantitative estimate of drug-likeness (QED) is 0.798. The summed E-state index contributed by atoms with van der Waals surface area (Å²) in [4.78, 5) is 24.1. The van der Waals surface area contributed by atoms with E-state index in [4.69, 9.17) is 25.8 Å². The largest absolute Gasteiger partial charge is 0.495 e. The number of nitrogens with one attached hydrogen (secondary N) is 1. The predicted molar refractivity (Wildman–Crippen MR) is 84.6 cm³/mol. The number of carbonyl (C=O) groups is 2. The summed E-state index contributed by atoms with van der Waals surface area (Å²) < 4.78 is 15.2. The molecule has 0 bridgehead atoms. The van der Waals surface area contributed by atoms with Crippen molar-refractivity contribution in [1.82, 2.24) is 5.32 Å². The van der Waals surface area contributed by atoms with Crippen LogP contribution in [0.25, 0.3) is 0 Å². The first-order chi connectivity index (χ1) is 11.0. The van der Waals surface area contributed by atoms with Gasteiger partial charge in [-0.2, -0.15) is 0 Å². The lowest BCUT2D eigenvalue weighted by molar-refractivity contribution is -0.146. The molecule has 1 heterocycles. The first-order valence-corrected chi connectivity index (χ1v) is 7.75.